The van der Waals surface area contributed by atoms with Crippen LogP contribution in [0.5, 0.6) is 0 Å². The molecule has 1 rings (SSSR count). The van der Waals surface area contributed by atoms with Crippen LogP contribution in [0.1, 0.15) is 52.9 Å². The van der Waals surface area contributed by atoms with E-state index < -0.39 is 5.97 Å². The number of rotatable bonds is 5. The monoisotopic (exact) mass is 270 g/mol. The highest BCUT2D eigenvalue weighted by molar-refractivity contribution is 5.75. The van der Waals surface area contributed by atoms with Crippen molar-refractivity contribution in [1.82, 2.24) is 10.2 Å². The normalized spacial score (nSPS) is 17.3. The van der Waals surface area contributed by atoms with Crippen LogP contribution < -0.4 is 5.32 Å². The molecule has 0 bridgehead atoms. The highest BCUT2D eigenvalue weighted by atomic mass is 16.4. The van der Waals surface area contributed by atoms with E-state index in [1.165, 1.54) is 0 Å². The molecule has 1 aliphatic heterocycles. The molecule has 0 unspecified atom stereocenters. The van der Waals surface area contributed by atoms with Crippen LogP contribution in [0, 0.1) is 5.92 Å². The van der Waals surface area contributed by atoms with Crippen molar-refractivity contribution in [1.29, 1.82) is 0 Å². The van der Waals surface area contributed by atoms with Gasteiger partial charge in [0.2, 0.25) is 0 Å². The number of urea groups is 1. The molecule has 1 fully saturated rings. The van der Waals surface area contributed by atoms with Gasteiger partial charge in [0.05, 0.1) is 0 Å². The van der Waals surface area contributed by atoms with Crippen LogP contribution in [0.3, 0.4) is 0 Å². The summed E-state index contributed by atoms with van der Waals surface area (Å²) in [4.78, 5) is 24.6. The van der Waals surface area contributed by atoms with E-state index in [9.17, 15) is 9.59 Å². The Balaban J connectivity index is 2.42. The Kier molecular flexibility index (Phi) is 5.63. The zero-order valence-corrected chi connectivity index (χ0v) is 12.2. The van der Waals surface area contributed by atoms with Gasteiger partial charge in [-0.2, -0.15) is 0 Å². The van der Waals surface area contributed by atoms with Crippen LogP contribution in [0.15, 0.2) is 0 Å². The second kappa shape index (κ2) is 6.78. The fraction of sp³-hybridized carbons (Fsp3) is 0.857. The molecule has 0 aliphatic carbocycles. The van der Waals surface area contributed by atoms with E-state index in [-0.39, 0.29) is 23.9 Å². The van der Waals surface area contributed by atoms with Crippen molar-refractivity contribution in [2.45, 2.75) is 58.4 Å². The summed E-state index contributed by atoms with van der Waals surface area (Å²) in [7, 11) is 0. The molecule has 5 heteroatoms. The van der Waals surface area contributed by atoms with Gasteiger partial charge in [-0.25, -0.2) is 4.79 Å². The number of likely N-dealkylation sites (tertiary alicyclic amines) is 1. The van der Waals surface area contributed by atoms with Crippen molar-refractivity contribution in [2.24, 2.45) is 5.92 Å². The number of carboxylic acids is 1. The van der Waals surface area contributed by atoms with Crippen molar-refractivity contribution >= 4 is 12.0 Å². The molecule has 1 heterocycles. The summed E-state index contributed by atoms with van der Waals surface area (Å²) in [6, 6.07) is -0.0139. The summed E-state index contributed by atoms with van der Waals surface area (Å²) in [6.45, 7) is 7.52. The lowest BCUT2D eigenvalue weighted by Crippen LogP contribution is -2.52. The van der Waals surface area contributed by atoms with E-state index in [1.54, 1.807) is 0 Å². The number of hydrogen-bond acceptors (Lipinski definition) is 2. The van der Waals surface area contributed by atoms with Gasteiger partial charge in [0.1, 0.15) is 0 Å². The van der Waals surface area contributed by atoms with Crippen LogP contribution in [0.4, 0.5) is 4.79 Å². The van der Waals surface area contributed by atoms with Gasteiger partial charge in [0.15, 0.2) is 0 Å². The molecule has 0 aromatic heterocycles. The molecule has 1 aliphatic rings. The number of carbonyl (C=O) groups excluding carboxylic acids is 1. The molecular weight excluding hydrogens is 244 g/mol. The largest absolute Gasteiger partial charge is 0.481 e. The van der Waals surface area contributed by atoms with Gasteiger partial charge in [0, 0.05) is 25.0 Å². The lowest BCUT2D eigenvalue weighted by Gasteiger charge is -2.35. The summed E-state index contributed by atoms with van der Waals surface area (Å²) in [5.74, 6) is -0.530. The second-order valence-electron chi connectivity index (χ2n) is 5.73. The third kappa shape index (κ3) is 4.73. The molecule has 2 amide bonds. The van der Waals surface area contributed by atoms with Crippen LogP contribution in [0.25, 0.3) is 0 Å². The fourth-order valence-electron chi connectivity index (χ4n) is 2.35. The van der Waals surface area contributed by atoms with Gasteiger partial charge < -0.3 is 15.3 Å². The predicted molar refractivity (Wildman–Crippen MR) is 74.1 cm³/mol. The quantitative estimate of drug-likeness (QED) is 0.806. The van der Waals surface area contributed by atoms with E-state index in [2.05, 4.69) is 26.1 Å². The maximum Gasteiger partial charge on any atom is 0.317 e. The lowest BCUT2D eigenvalue weighted by molar-refractivity contribution is -0.138. The van der Waals surface area contributed by atoms with Crippen LogP contribution in [-0.2, 0) is 4.79 Å². The minimum atomic E-state index is -0.743. The highest BCUT2D eigenvalue weighted by Gasteiger charge is 2.28. The van der Waals surface area contributed by atoms with Gasteiger partial charge in [-0.1, -0.05) is 13.8 Å². The first-order valence-corrected chi connectivity index (χ1v) is 7.19. The number of piperidine rings is 1. The molecule has 0 spiro atoms. The topological polar surface area (TPSA) is 69.6 Å². The zero-order chi connectivity index (χ0) is 14.5. The van der Waals surface area contributed by atoms with E-state index >= 15 is 0 Å². The molecule has 0 aromatic carbocycles. The van der Waals surface area contributed by atoms with Crippen LogP contribution in [0.2, 0.25) is 0 Å². The predicted octanol–water partition coefficient (Wildman–Crippen LogP) is 2.46. The molecule has 0 saturated carbocycles. The Bertz CT molecular complexity index is 319. The number of aliphatic carboxylic acids is 1. The molecule has 0 aromatic rings. The SMILES string of the molecule is CCC(C)(CC)NC(=O)N1CCC(CC(=O)O)CC1. The maximum absolute atomic E-state index is 12.2. The lowest BCUT2D eigenvalue weighted by atomic mass is 9.93. The maximum atomic E-state index is 12.2. The smallest absolute Gasteiger partial charge is 0.317 e. The van der Waals surface area contributed by atoms with Crippen molar-refractivity contribution in [3.63, 3.8) is 0 Å². The van der Waals surface area contributed by atoms with Crippen molar-refractivity contribution in [2.75, 3.05) is 13.1 Å². The summed E-state index contributed by atoms with van der Waals surface area (Å²) in [6.07, 6.45) is 3.61. The number of hydrogen-bond donors (Lipinski definition) is 2. The van der Waals surface area contributed by atoms with Crippen molar-refractivity contribution < 1.29 is 14.7 Å². The number of carboxylic acid groups (broad SMARTS) is 1. The standard InChI is InChI=1S/C14H26N2O3/c1-4-14(3,5-2)15-13(19)16-8-6-11(7-9-16)10-12(17)18/h11H,4-10H2,1-3H3,(H,15,19)(H,17,18). The Morgan fingerprint density at radius 3 is 2.21 bits per heavy atom. The molecule has 0 radical (unpaired) electrons. The highest BCUT2D eigenvalue weighted by Crippen LogP contribution is 2.21. The molecule has 2 N–H and O–H groups in total. The van der Waals surface area contributed by atoms with Crippen molar-refractivity contribution in [3.05, 3.63) is 0 Å². The van der Waals surface area contributed by atoms with Gasteiger partial charge >= 0.3 is 12.0 Å². The number of nitrogens with one attached hydrogen (secondary N) is 1. The molecule has 1 saturated heterocycles. The summed E-state index contributed by atoms with van der Waals surface area (Å²) < 4.78 is 0. The van der Waals surface area contributed by atoms with Gasteiger partial charge in [-0.15, -0.1) is 0 Å². The van der Waals surface area contributed by atoms with Gasteiger partial charge in [-0.05, 0) is 38.5 Å². The molecule has 19 heavy (non-hydrogen) atoms. The molecule has 110 valence electrons. The second-order valence-corrected chi connectivity index (χ2v) is 5.73. The fourth-order valence-corrected chi connectivity index (χ4v) is 2.35. The summed E-state index contributed by atoms with van der Waals surface area (Å²) in [5.41, 5.74) is -0.144. The van der Waals surface area contributed by atoms with E-state index in [0.29, 0.717) is 13.1 Å². The Morgan fingerprint density at radius 2 is 1.79 bits per heavy atom. The third-order valence-corrected chi connectivity index (χ3v) is 4.33. The minimum absolute atomic E-state index is 0.0139. The van der Waals surface area contributed by atoms with Crippen LogP contribution in [-0.4, -0.2) is 40.6 Å². The summed E-state index contributed by atoms with van der Waals surface area (Å²) in [5, 5.41) is 11.9. The van der Waals surface area contributed by atoms with Gasteiger partial charge in [0.25, 0.3) is 0 Å². The first-order valence-electron chi connectivity index (χ1n) is 7.19. The average molecular weight is 270 g/mol. The number of amides is 2. The Hall–Kier alpha value is -1.26. The van der Waals surface area contributed by atoms with Crippen LogP contribution >= 0.6 is 0 Å². The molecular formula is C14H26N2O3. The number of nitrogens with zero attached hydrogens (tertiary/aromatic N) is 1. The third-order valence-electron chi connectivity index (χ3n) is 4.33. The van der Waals surface area contributed by atoms with Gasteiger partial charge in [-0.3, -0.25) is 4.79 Å². The van der Waals surface area contributed by atoms with E-state index in [1.807, 2.05) is 4.90 Å². The first-order chi connectivity index (χ1) is 8.90. The Morgan fingerprint density at radius 1 is 1.26 bits per heavy atom. The molecule has 0 atom stereocenters. The van der Waals surface area contributed by atoms with E-state index in [4.69, 9.17) is 5.11 Å². The van der Waals surface area contributed by atoms with Crippen molar-refractivity contribution in [3.8, 4) is 0 Å². The first kappa shape index (κ1) is 15.8. The number of carbonyl (C=O) groups is 2. The Labute approximate surface area is 115 Å². The average Bonchev–Trinajstić information content (AvgIpc) is 2.38. The summed E-state index contributed by atoms with van der Waals surface area (Å²) >= 11 is 0. The van der Waals surface area contributed by atoms with E-state index in [0.717, 1.165) is 25.7 Å². The zero-order valence-electron chi connectivity index (χ0n) is 12.2. The molecule has 5 nitrogen and oxygen atoms in total. The minimum Gasteiger partial charge on any atom is -0.481 e.